The van der Waals surface area contributed by atoms with Crippen LogP contribution in [0, 0.1) is 0 Å². The number of rotatable bonds is 6. The molecule has 8 heteroatoms. The molecule has 0 aliphatic rings. The number of carbonyl (C=O) groups excluding carboxylic acids is 1. The molecule has 1 aromatic heterocycles. The molecular formula is C20H16ClO7-. The van der Waals surface area contributed by atoms with E-state index in [1.54, 1.807) is 30.3 Å². The summed E-state index contributed by atoms with van der Waals surface area (Å²) in [4.78, 5) is 24.1. The van der Waals surface area contributed by atoms with Crippen molar-refractivity contribution in [2.24, 2.45) is 0 Å². The highest BCUT2D eigenvalue weighted by molar-refractivity contribution is 6.31. The van der Waals surface area contributed by atoms with E-state index in [4.69, 9.17) is 30.2 Å². The summed E-state index contributed by atoms with van der Waals surface area (Å²) in [6, 6.07) is 9.42. The Morgan fingerprint density at radius 2 is 1.82 bits per heavy atom. The van der Waals surface area contributed by atoms with Crippen molar-refractivity contribution in [2.75, 3.05) is 14.2 Å². The maximum atomic E-state index is 13.0. The summed E-state index contributed by atoms with van der Waals surface area (Å²) in [7, 11) is 2.96. The number of carboxylic acid groups (broad SMARTS) is 1. The Hall–Kier alpha value is -3.19. The summed E-state index contributed by atoms with van der Waals surface area (Å²) in [5.41, 5.74) is 0.154. The molecule has 3 aromatic rings. The van der Waals surface area contributed by atoms with Gasteiger partial charge in [0.05, 0.1) is 25.6 Å². The highest BCUT2D eigenvalue weighted by Gasteiger charge is 2.21. The first-order chi connectivity index (χ1) is 13.3. The van der Waals surface area contributed by atoms with Crippen LogP contribution in [0.5, 0.6) is 17.2 Å². The van der Waals surface area contributed by atoms with Gasteiger partial charge >= 0.3 is 0 Å². The van der Waals surface area contributed by atoms with Gasteiger partial charge < -0.3 is 28.5 Å². The van der Waals surface area contributed by atoms with E-state index in [9.17, 15) is 14.7 Å². The molecule has 28 heavy (non-hydrogen) atoms. The van der Waals surface area contributed by atoms with E-state index < -0.39 is 17.5 Å². The smallest absolute Gasteiger partial charge is 0.235 e. The van der Waals surface area contributed by atoms with Crippen LogP contribution in [-0.4, -0.2) is 26.3 Å². The first-order valence-electron chi connectivity index (χ1n) is 8.22. The maximum Gasteiger partial charge on any atom is 0.235 e. The Labute approximate surface area is 165 Å². The van der Waals surface area contributed by atoms with Gasteiger partial charge in [0, 0.05) is 10.6 Å². The molecule has 0 fully saturated rings. The van der Waals surface area contributed by atoms with Gasteiger partial charge in [0.1, 0.15) is 11.7 Å². The van der Waals surface area contributed by atoms with Crippen molar-refractivity contribution in [3.8, 4) is 28.6 Å². The third kappa shape index (κ3) is 3.61. The maximum absolute atomic E-state index is 13.0. The number of halogens is 1. The lowest BCUT2D eigenvalue weighted by Crippen LogP contribution is -2.38. The Bertz CT molecular complexity index is 1100. The average molecular weight is 404 g/mol. The number of hydrogen-bond donors (Lipinski definition) is 0. The van der Waals surface area contributed by atoms with Crippen molar-refractivity contribution in [1.82, 2.24) is 0 Å². The van der Waals surface area contributed by atoms with Crippen molar-refractivity contribution in [1.29, 1.82) is 0 Å². The third-order valence-electron chi connectivity index (χ3n) is 4.08. The Balaban J connectivity index is 2.29. The van der Waals surface area contributed by atoms with E-state index in [2.05, 4.69) is 0 Å². The van der Waals surface area contributed by atoms with Crippen LogP contribution < -0.4 is 24.7 Å². The standard InChI is InChI=1S/C20H17ClO7/c1-10(20(23)24)27-19-17(22)13-9-12(21)5-7-14(13)28-18(19)11-4-6-15(25-2)16(8-11)26-3/h4-10H,1-3H3,(H,23,24)/p-1/t10-/m0/s1. The summed E-state index contributed by atoms with van der Waals surface area (Å²) < 4.78 is 21.8. The molecule has 0 saturated carbocycles. The molecule has 2 aromatic carbocycles. The van der Waals surface area contributed by atoms with Gasteiger partial charge in [-0.1, -0.05) is 11.6 Å². The first kappa shape index (κ1) is 19.6. The zero-order valence-corrected chi connectivity index (χ0v) is 16.0. The number of fused-ring (bicyclic) bond motifs is 1. The predicted molar refractivity (Wildman–Crippen MR) is 101 cm³/mol. The number of aliphatic carboxylic acids is 1. The van der Waals surface area contributed by atoms with Gasteiger partial charge in [0.15, 0.2) is 17.3 Å². The lowest BCUT2D eigenvalue weighted by molar-refractivity contribution is -0.312. The highest BCUT2D eigenvalue weighted by Crippen LogP contribution is 2.37. The largest absolute Gasteiger partial charge is 0.546 e. The molecule has 7 nitrogen and oxygen atoms in total. The SMILES string of the molecule is COc1ccc(-c2oc3ccc(Cl)cc3c(=O)c2O[C@@H](C)C(=O)[O-])cc1OC. The molecule has 1 atom stereocenters. The predicted octanol–water partition coefficient (Wildman–Crippen LogP) is 2.65. The van der Waals surface area contributed by atoms with Gasteiger partial charge in [0.25, 0.3) is 0 Å². The number of carbonyl (C=O) groups is 1. The molecule has 0 unspecified atom stereocenters. The highest BCUT2D eigenvalue weighted by atomic mass is 35.5. The lowest BCUT2D eigenvalue weighted by atomic mass is 10.1. The van der Waals surface area contributed by atoms with E-state index in [-0.39, 0.29) is 22.5 Å². The van der Waals surface area contributed by atoms with Gasteiger partial charge in [-0.2, -0.15) is 0 Å². The van der Waals surface area contributed by atoms with Crippen LogP contribution in [0.3, 0.4) is 0 Å². The monoisotopic (exact) mass is 403 g/mol. The van der Waals surface area contributed by atoms with E-state index in [1.807, 2.05) is 0 Å². The average Bonchev–Trinajstić information content (AvgIpc) is 2.69. The second kappa shape index (κ2) is 7.82. The lowest BCUT2D eigenvalue weighted by Gasteiger charge is -2.18. The fourth-order valence-corrected chi connectivity index (χ4v) is 2.82. The van der Waals surface area contributed by atoms with Crippen LogP contribution in [0.2, 0.25) is 5.02 Å². The van der Waals surface area contributed by atoms with E-state index >= 15 is 0 Å². The molecule has 146 valence electrons. The fraction of sp³-hybridized carbons (Fsp3) is 0.200. The van der Waals surface area contributed by atoms with E-state index in [0.717, 1.165) is 0 Å². The van der Waals surface area contributed by atoms with E-state index in [1.165, 1.54) is 27.2 Å². The second-order valence-electron chi connectivity index (χ2n) is 5.88. The number of hydrogen-bond acceptors (Lipinski definition) is 7. The molecule has 0 amide bonds. The fourth-order valence-electron chi connectivity index (χ4n) is 2.65. The van der Waals surface area contributed by atoms with E-state index in [0.29, 0.717) is 22.1 Å². The minimum Gasteiger partial charge on any atom is -0.546 e. The third-order valence-corrected chi connectivity index (χ3v) is 4.32. The summed E-state index contributed by atoms with van der Waals surface area (Å²) in [5.74, 6) is -0.805. The molecular weight excluding hydrogens is 388 g/mol. The Kier molecular flexibility index (Phi) is 5.46. The number of carboxylic acids is 1. The van der Waals surface area contributed by atoms with Crippen LogP contribution in [0.25, 0.3) is 22.3 Å². The van der Waals surface area contributed by atoms with Crippen molar-refractivity contribution >= 4 is 28.5 Å². The number of benzene rings is 2. The number of methoxy groups -OCH3 is 2. The van der Waals surface area contributed by atoms with Crippen molar-refractivity contribution in [2.45, 2.75) is 13.0 Å². The van der Waals surface area contributed by atoms with Gasteiger partial charge in [-0.3, -0.25) is 4.79 Å². The van der Waals surface area contributed by atoms with Gasteiger partial charge in [-0.25, -0.2) is 0 Å². The molecule has 0 radical (unpaired) electrons. The van der Waals surface area contributed by atoms with Crippen LogP contribution in [0.1, 0.15) is 6.92 Å². The summed E-state index contributed by atoms with van der Waals surface area (Å²) in [5, 5.41) is 11.6. The van der Waals surface area contributed by atoms with Crippen molar-refractivity contribution in [3.05, 3.63) is 51.6 Å². The molecule has 0 aliphatic heterocycles. The summed E-state index contributed by atoms with van der Waals surface area (Å²) in [6.45, 7) is 1.26. The Morgan fingerprint density at radius 1 is 1.11 bits per heavy atom. The normalized spacial score (nSPS) is 11.9. The summed E-state index contributed by atoms with van der Waals surface area (Å²) >= 11 is 5.97. The molecule has 0 saturated heterocycles. The number of ether oxygens (including phenoxy) is 3. The molecule has 0 aliphatic carbocycles. The first-order valence-corrected chi connectivity index (χ1v) is 8.59. The Morgan fingerprint density at radius 3 is 2.46 bits per heavy atom. The minimum atomic E-state index is -1.47. The van der Waals surface area contributed by atoms with Gasteiger partial charge in [-0.05, 0) is 43.3 Å². The summed E-state index contributed by atoms with van der Waals surface area (Å²) in [6.07, 6.45) is -1.38. The zero-order chi connectivity index (χ0) is 20.4. The van der Waals surface area contributed by atoms with Crippen LogP contribution >= 0.6 is 11.6 Å². The molecule has 0 bridgehead atoms. The van der Waals surface area contributed by atoms with Crippen LogP contribution in [0.4, 0.5) is 0 Å². The molecule has 0 N–H and O–H groups in total. The molecule has 0 spiro atoms. The topological polar surface area (TPSA) is 98.0 Å². The quantitative estimate of drug-likeness (QED) is 0.624. The van der Waals surface area contributed by atoms with Gasteiger partial charge in [-0.15, -0.1) is 0 Å². The van der Waals surface area contributed by atoms with Crippen LogP contribution in [-0.2, 0) is 4.79 Å². The minimum absolute atomic E-state index is 0.0499. The van der Waals surface area contributed by atoms with Crippen molar-refractivity contribution in [3.63, 3.8) is 0 Å². The zero-order valence-electron chi connectivity index (χ0n) is 15.3. The van der Waals surface area contributed by atoms with Gasteiger partial charge in [0.2, 0.25) is 11.2 Å². The van der Waals surface area contributed by atoms with Crippen molar-refractivity contribution < 1.29 is 28.5 Å². The molecule has 1 heterocycles. The second-order valence-corrected chi connectivity index (χ2v) is 6.32. The van der Waals surface area contributed by atoms with Crippen LogP contribution in [0.15, 0.2) is 45.6 Å². The molecule has 3 rings (SSSR count).